The van der Waals surface area contributed by atoms with Gasteiger partial charge in [0.15, 0.2) is 0 Å². The van der Waals surface area contributed by atoms with Gasteiger partial charge in [-0.25, -0.2) is 0 Å². The summed E-state index contributed by atoms with van der Waals surface area (Å²) < 4.78 is 1.72. The summed E-state index contributed by atoms with van der Waals surface area (Å²) in [5, 5.41) is 17.9. The molecule has 2 N–H and O–H groups in total. The molecule has 5 heteroatoms. The summed E-state index contributed by atoms with van der Waals surface area (Å²) in [6.45, 7) is 0. The number of rotatable bonds is 2. The maximum absolute atomic E-state index is 12.7. The van der Waals surface area contributed by atoms with Crippen LogP contribution in [-0.2, 0) is 19.9 Å². The van der Waals surface area contributed by atoms with Gasteiger partial charge in [0.05, 0.1) is 17.8 Å². The van der Waals surface area contributed by atoms with Crippen LogP contribution in [0, 0.1) is 0 Å². The van der Waals surface area contributed by atoms with Gasteiger partial charge < -0.3 is 10.4 Å². The smallest absolute Gasteiger partial charge is 0.270 e. The van der Waals surface area contributed by atoms with Crippen LogP contribution in [0.25, 0.3) is 0 Å². The molecule has 122 valence electrons. The van der Waals surface area contributed by atoms with Crippen LogP contribution in [0.3, 0.4) is 0 Å². The minimum absolute atomic E-state index is 0.0669. The molecule has 0 spiro atoms. The molecule has 2 unspecified atom stereocenters. The number of amides is 1. The van der Waals surface area contributed by atoms with E-state index >= 15 is 0 Å². The highest BCUT2D eigenvalue weighted by molar-refractivity contribution is 5.94. The van der Waals surface area contributed by atoms with Gasteiger partial charge in [-0.3, -0.25) is 9.48 Å². The molecule has 1 aromatic rings. The maximum Gasteiger partial charge on any atom is 0.270 e. The van der Waals surface area contributed by atoms with E-state index in [0.29, 0.717) is 5.69 Å². The van der Waals surface area contributed by atoms with Gasteiger partial charge in [0.2, 0.25) is 0 Å². The first kappa shape index (κ1) is 15.5. The Labute approximate surface area is 132 Å². The van der Waals surface area contributed by atoms with E-state index in [1.54, 1.807) is 4.68 Å². The molecule has 3 rings (SSSR count). The van der Waals surface area contributed by atoms with Gasteiger partial charge in [-0.2, -0.15) is 5.10 Å². The van der Waals surface area contributed by atoms with Crippen LogP contribution in [0.2, 0.25) is 0 Å². The molecule has 5 nitrogen and oxygen atoms in total. The molecule has 0 radical (unpaired) electrons. The molecule has 0 bridgehead atoms. The Morgan fingerprint density at radius 1 is 1.14 bits per heavy atom. The average molecular weight is 305 g/mol. The number of aliphatic hydroxyl groups excluding tert-OH is 1. The predicted octanol–water partition coefficient (Wildman–Crippen LogP) is 2.11. The van der Waals surface area contributed by atoms with Gasteiger partial charge in [0, 0.05) is 12.6 Å². The summed E-state index contributed by atoms with van der Waals surface area (Å²) in [5.41, 5.74) is 2.90. The highest BCUT2D eigenvalue weighted by Crippen LogP contribution is 2.24. The fraction of sp³-hybridized carbons (Fsp3) is 0.765. The third kappa shape index (κ3) is 3.19. The minimum atomic E-state index is -0.423. The third-order valence-corrected chi connectivity index (χ3v) is 5.08. The van der Waals surface area contributed by atoms with Gasteiger partial charge in [-0.15, -0.1) is 0 Å². The van der Waals surface area contributed by atoms with Crippen LogP contribution in [0.4, 0.5) is 0 Å². The number of fused-ring (bicyclic) bond motifs is 1. The van der Waals surface area contributed by atoms with E-state index in [9.17, 15) is 9.90 Å². The van der Waals surface area contributed by atoms with Crippen molar-refractivity contribution in [2.75, 3.05) is 0 Å². The molecular formula is C17H27N3O2. The molecular weight excluding hydrogens is 278 g/mol. The van der Waals surface area contributed by atoms with Crippen molar-refractivity contribution in [1.82, 2.24) is 15.1 Å². The summed E-state index contributed by atoms with van der Waals surface area (Å²) in [6, 6.07) is -0.123. The summed E-state index contributed by atoms with van der Waals surface area (Å²) in [4.78, 5) is 12.7. The van der Waals surface area contributed by atoms with Gasteiger partial charge in [-0.05, 0) is 38.5 Å². The standard InChI is InChI=1S/C17H27N3O2/c1-20-16(12-8-6-7-9-13(12)19-20)17(22)18-14-10-4-2-3-5-11-15(14)21/h14-15,21H,2-11H2,1H3,(H,18,22). The van der Waals surface area contributed by atoms with Crippen LogP contribution in [0.5, 0.6) is 0 Å². The highest BCUT2D eigenvalue weighted by atomic mass is 16.3. The Hall–Kier alpha value is -1.36. The zero-order chi connectivity index (χ0) is 15.5. The monoisotopic (exact) mass is 305 g/mol. The second-order valence-electron chi connectivity index (χ2n) is 6.74. The lowest BCUT2D eigenvalue weighted by atomic mass is 9.93. The van der Waals surface area contributed by atoms with E-state index in [2.05, 4.69) is 10.4 Å². The van der Waals surface area contributed by atoms with Crippen LogP contribution in [-0.4, -0.2) is 32.9 Å². The topological polar surface area (TPSA) is 67.2 Å². The molecule has 2 aliphatic carbocycles. The molecule has 0 aromatic carbocycles. The lowest BCUT2D eigenvalue weighted by Gasteiger charge is -2.26. The first-order chi connectivity index (χ1) is 10.7. The molecule has 1 fully saturated rings. The van der Waals surface area contributed by atoms with Gasteiger partial charge in [0.25, 0.3) is 5.91 Å². The SMILES string of the molecule is Cn1nc2c(c1C(=O)NC1CCCCCCC1O)CCCC2. The Kier molecular flexibility index (Phi) is 4.81. The van der Waals surface area contributed by atoms with Crippen LogP contribution < -0.4 is 5.32 Å². The molecule has 22 heavy (non-hydrogen) atoms. The molecule has 1 amide bonds. The first-order valence-electron chi connectivity index (χ1n) is 8.70. The van der Waals surface area contributed by atoms with Crippen molar-refractivity contribution in [2.24, 2.45) is 7.05 Å². The largest absolute Gasteiger partial charge is 0.391 e. The Morgan fingerprint density at radius 2 is 1.86 bits per heavy atom. The summed E-state index contributed by atoms with van der Waals surface area (Å²) >= 11 is 0. The van der Waals surface area contributed by atoms with Crippen molar-refractivity contribution >= 4 is 5.91 Å². The number of nitrogens with one attached hydrogen (secondary N) is 1. The van der Waals surface area contributed by atoms with Gasteiger partial charge in [-0.1, -0.05) is 25.7 Å². The van der Waals surface area contributed by atoms with E-state index in [0.717, 1.165) is 62.6 Å². The van der Waals surface area contributed by atoms with Gasteiger partial charge >= 0.3 is 0 Å². The normalized spacial score (nSPS) is 25.9. The molecule has 0 saturated heterocycles. The lowest BCUT2D eigenvalue weighted by molar-refractivity contribution is 0.0762. The molecule has 0 aliphatic heterocycles. The van der Waals surface area contributed by atoms with Crippen molar-refractivity contribution in [2.45, 2.75) is 76.4 Å². The number of aromatic nitrogens is 2. The van der Waals surface area contributed by atoms with E-state index in [1.165, 1.54) is 12.8 Å². The third-order valence-electron chi connectivity index (χ3n) is 5.08. The lowest BCUT2D eigenvalue weighted by Crippen LogP contribution is -2.44. The predicted molar refractivity (Wildman–Crippen MR) is 84.8 cm³/mol. The maximum atomic E-state index is 12.7. The van der Waals surface area contributed by atoms with Crippen LogP contribution in [0.1, 0.15) is 73.1 Å². The minimum Gasteiger partial charge on any atom is -0.391 e. The zero-order valence-corrected chi connectivity index (χ0v) is 13.5. The highest BCUT2D eigenvalue weighted by Gasteiger charge is 2.28. The number of aliphatic hydroxyl groups is 1. The van der Waals surface area contributed by atoms with Gasteiger partial charge in [0.1, 0.15) is 5.69 Å². The molecule has 1 saturated carbocycles. The average Bonchev–Trinajstić information content (AvgIpc) is 2.82. The van der Waals surface area contributed by atoms with E-state index < -0.39 is 6.10 Å². The number of carbonyl (C=O) groups excluding carboxylic acids is 1. The Bertz CT molecular complexity index is 538. The van der Waals surface area contributed by atoms with Crippen molar-refractivity contribution < 1.29 is 9.90 Å². The summed E-state index contributed by atoms with van der Waals surface area (Å²) in [6.07, 6.45) is 9.95. The Morgan fingerprint density at radius 3 is 2.68 bits per heavy atom. The van der Waals surface area contributed by atoms with Crippen LogP contribution in [0.15, 0.2) is 0 Å². The number of hydrogen-bond acceptors (Lipinski definition) is 3. The fourth-order valence-corrected chi connectivity index (χ4v) is 3.84. The zero-order valence-electron chi connectivity index (χ0n) is 13.5. The summed E-state index contributed by atoms with van der Waals surface area (Å²) in [7, 11) is 1.85. The summed E-state index contributed by atoms with van der Waals surface area (Å²) in [5.74, 6) is -0.0669. The van der Waals surface area contributed by atoms with Crippen molar-refractivity contribution in [3.63, 3.8) is 0 Å². The number of hydrogen-bond donors (Lipinski definition) is 2. The van der Waals surface area contributed by atoms with Crippen molar-refractivity contribution in [3.05, 3.63) is 17.0 Å². The van der Waals surface area contributed by atoms with E-state index in [1.807, 2.05) is 7.05 Å². The molecule has 1 aromatic heterocycles. The number of aryl methyl sites for hydroxylation is 2. The second kappa shape index (κ2) is 6.82. The van der Waals surface area contributed by atoms with E-state index in [4.69, 9.17) is 0 Å². The number of nitrogens with zero attached hydrogens (tertiary/aromatic N) is 2. The molecule has 2 aliphatic rings. The Balaban J connectivity index is 1.75. The van der Waals surface area contributed by atoms with E-state index in [-0.39, 0.29) is 11.9 Å². The van der Waals surface area contributed by atoms with Crippen molar-refractivity contribution in [1.29, 1.82) is 0 Å². The van der Waals surface area contributed by atoms with Crippen LogP contribution >= 0.6 is 0 Å². The quantitative estimate of drug-likeness (QED) is 0.879. The first-order valence-corrected chi connectivity index (χ1v) is 8.70. The molecule has 2 atom stereocenters. The fourth-order valence-electron chi connectivity index (χ4n) is 3.84. The second-order valence-corrected chi connectivity index (χ2v) is 6.74. The number of carbonyl (C=O) groups is 1. The van der Waals surface area contributed by atoms with Crippen molar-refractivity contribution in [3.8, 4) is 0 Å². The molecule has 1 heterocycles.